The van der Waals surface area contributed by atoms with Crippen molar-refractivity contribution in [1.82, 2.24) is 0 Å². The van der Waals surface area contributed by atoms with Crippen LogP contribution < -0.4 is 9.47 Å². The molecule has 6 aromatic rings. The molecule has 6 aromatic carbocycles. The van der Waals surface area contributed by atoms with Crippen molar-refractivity contribution in [3.05, 3.63) is 166 Å². The van der Waals surface area contributed by atoms with Gasteiger partial charge in [-0.1, -0.05) is 12.2 Å². The molecule has 20 heteroatoms. The molecule has 0 aliphatic rings. The Morgan fingerprint density at radius 3 is 0.774 bits per heavy atom. The van der Waals surface area contributed by atoms with Gasteiger partial charge in [0.1, 0.15) is 23.0 Å². The van der Waals surface area contributed by atoms with Gasteiger partial charge in [-0.15, -0.1) is 13.2 Å². The van der Waals surface area contributed by atoms with E-state index in [1.54, 1.807) is 0 Å². The molecule has 4 nitrogen and oxygen atoms in total. The van der Waals surface area contributed by atoms with Crippen molar-refractivity contribution in [3.63, 3.8) is 0 Å². The van der Waals surface area contributed by atoms with Crippen LogP contribution in [0.2, 0.25) is 0 Å². The molecule has 0 bridgehead atoms. The summed E-state index contributed by atoms with van der Waals surface area (Å²) in [6, 6.07) is 5.39. The standard InChI is InChI=1S/C42H18F16O4/c1-3-5-13-11-15(7-9-17(13)59)61-41-37(55)33(51)23(34(52)38(41)56)21-29(47)25(43)19(26(44)30(21)48)20-27(45)31(49)22(32(50)28(20)46)24-35(53)39(57)42(40(58)36(24)54)62-16-8-10-18(60)14(12-16)6-4-2/h3-4,7-12,59-60H,1-2,5-6H2. The maximum Gasteiger partial charge on any atom is 0.205 e. The second-order valence-electron chi connectivity index (χ2n) is 12.7. The Morgan fingerprint density at radius 1 is 0.355 bits per heavy atom. The summed E-state index contributed by atoms with van der Waals surface area (Å²) in [5.41, 5.74) is -15.8. The smallest absolute Gasteiger partial charge is 0.205 e. The van der Waals surface area contributed by atoms with E-state index in [0.29, 0.717) is 0 Å². The Balaban J connectivity index is 1.48. The Kier molecular flexibility index (Phi) is 12.0. The number of halogens is 16. The second-order valence-corrected chi connectivity index (χ2v) is 12.7. The Bertz CT molecular complexity index is 2580. The van der Waals surface area contributed by atoms with Gasteiger partial charge in [-0.3, -0.25) is 0 Å². The average Bonchev–Trinajstić information content (AvgIpc) is 3.24. The third-order valence-electron chi connectivity index (χ3n) is 8.99. The van der Waals surface area contributed by atoms with Crippen LogP contribution in [0.1, 0.15) is 11.1 Å². The number of aromatic hydroxyl groups is 2. The third kappa shape index (κ3) is 7.17. The number of allylic oxidation sites excluding steroid dienone is 2. The largest absolute Gasteiger partial charge is 0.508 e. The van der Waals surface area contributed by atoms with Crippen LogP contribution in [-0.2, 0) is 12.8 Å². The van der Waals surface area contributed by atoms with Crippen molar-refractivity contribution < 1.29 is 89.9 Å². The molecule has 0 aliphatic heterocycles. The van der Waals surface area contributed by atoms with Crippen LogP contribution in [0.25, 0.3) is 33.4 Å². The van der Waals surface area contributed by atoms with Gasteiger partial charge in [-0.25, -0.2) is 52.7 Å². The Labute approximate surface area is 336 Å². The molecule has 0 amide bonds. The van der Waals surface area contributed by atoms with Crippen LogP contribution in [-0.4, -0.2) is 10.2 Å². The van der Waals surface area contributed by atoms with Gasteiger partial charge < -0.3 is 19.7 Å². The average molecular weight is 891 g/mol. The number of hydrogen-bond donors (Lipinski definition) is 2. The summed E-state index contributed by atoms with van der Waals surface area (Å²) in [4.78, 5) is 0. The van der Waals surface area contributed by atoms with E-state index in [2.05, 4.69) is 13.2 Å². The maximum absolute atomic E-state index is 15.5. The summed E-state index contributed by atoms with van der Waals surface area (Å²) in [5, 5.41) is 19.7. The lowest BCUT2D eigenvalue weighted by Gasteiger charge is -2.18. The molecule has 0 radical (unpaired) electrons. The molecule has 0 aliphatic carbocycles. The van der Waals surface area contributed by atoms with Gasteiger partial charge in [-0.2, -0.15) is 17.6 Å². The summed E-state index contributed by atoms with van der Waals surface area (Å²) >= 11 is 0. The first-order valence-corrected chi connectivity index (χ1v) is 16.9. The molecule has 0 heterocycles. The fourth-order valence-corrected chi connectivity index (χ4v) is 6.11. The summed E-state index contributed by atoms with van der Waals surface area (Å²) in [6.07, 6.45) is 2.38. The monoisotopic (exact) mass is 890 g/mol. The molecule has 6 rings (SSSR count). The molecule has 2 N–H and O–H groups in total. The third-order valence-corrected chi connectivity index (χ3v) is 8.99. The lowest BCUT2D eigenvalue weighted by molar-refractivity contribution is 0.365. The van der Waals surface area contributed by atoms with Gasteiger partial charge >= 0.3 is 0 Å². The van der Waals surface area contributed by atoms with E-state index in [1.807, 2.05) is 0 Å². The van der Waals surface area contributed by atoms with Crippen molar-refractivity contribution in [2.24, 2.45) is 0 Å². The van der Waals surface area contributed by atoms with E-state index in [9.17, 15) is 10.2 Å². The zero-order valence-electron chi connectivity index (χ0n) is 30.2. The highest BCUT2D eigenvalue weighted by atomic mass is 19.2. The predicted molar refractivity (Wildman–Crippen MR) is 186 cm³/mol. The molecule has 0 saturated carbocycles. The highest BCUT2D eigenvalue weighted by Gasteiger charge is 2.40. The van der Waals surface area contributed by atoms with Crippen LogP contribution in [0.15, 0.2) is 61.7 Å². The molecule has 0 aromatic heterocycles. The van der Waals surface area contributed by atoms with Gasteiger partial charge in [0, 0.05) is 11.1 Å². The minimum atomic E-state index is -3.14. The molecule has 322 valence electrons. The number of hydrogen-bond acceptors (Lipinski definition) is 4. The molecule has 62 heavy (non-hydrogen) atoms. The molecular weight excluding hydrogens is 872 g/mol. The number of phenols is 2. The quantitative estimate of drug-likeness (QED) is 0.0773. The van der Waals surface area contributed by atoms with Crippen molar-refractivity contribution in [2.45, 2.75) is 12.8 Å². The topological polar surface area (TPSA) is 58.9 Å². The van der Waals surface area contributed by atoms with Gasteiger partial charge in [0.15, 0.2) is 69.8 Å². The zero-order valence-corrected chi connectivity index (χ0v) is 30.2. The molecule has 0 spiro atoms. The van der Waals surface area contributed by atoms with Gasteiger partial charge in [0.2, 0.25) is 34.8 Å². The normalized spacial score (nSPS) is 11.3. The molecular formula is C42H18F16O4. The zero-order chi connectivity index (χ0) is 45.8. The maximum atomic E-state index is 15.5. The molecule has 0 unspecified atom stereocenters. The summed E-state index contributed by atoms with van der Waals surface area (Å²) in [6.45, 7) is 6.79. The Hall–Kier alpha value is -7.12. The van der Waals surface area contributed by atoms with Crippen LogP contribution in [0.5, 0.6) is 34.5 Å². The van der Waals surface area contributed by atoms with Crippen molar-refractivity contribution in [2.75, 3.05) is 0 Å². The fraction of sp³-hybridized carbons (Fsp3) is 0.0476. The van der Waals surface area contributed by atoms with Crippen molar-refractivity contribution in [1.29, 1.82) is 0 Å². The summed E-state index contributed by atoms with van der Waals surface area (Å²) in [5.74, 6) is -52.2. The first-order chi connectivity index (χ1) is 29.2. The van der Waals surface area contributed by atoms with E-state index >= 15 is 70.2 Å². The number of rotatable bonds is 11. The molecule has 0 saturated heterocycles. The first kappa shape index (κ1) is 44.4. The van der Waals surface area contributed by atoms with Crippen LogP contribution >= 0.6 is 0 Å². The van der Waals surface area contributed by atoms with Crippen LogP contribution in [0, 0.1) is 93.1 Å². The Morgan fingerprint density at radius 2 is 0.565 bits per heavy atom. The van der Waals surface area contributed by atoms with E-state index in [1.165, 1.54) is 12.2 Å². The highest BCUT2D eigenvalue weighted by Crippen LogP contribution is 2.47. The SMILES string of the molecule is C=CCc1cc(Oc2c(F)c(F)c(-c3c(F)c(F)c(-c4c(F)c(F)c(-c5c(F)c(F)c(Oc6ccc(O)c(CC=C)c6)c(F)c5F)c(F)c4F)c(F)c3F)c(F)c2F)ccc1O. The predicted octanol–water partition coefficient (Wildman–Crippen LogP) is 13.4. The lowest BCUT2D eigenvalue weighted by atomic mass is 9.93. The summed E-state index contributed by atoms with van der Waals surface area (Å²) in [7, 11) is 0. The highest BCUT2D eigenvalue weighted by molar-refractivity contribution is 5.78. The van der Waals surface area contributed by atoms with Crippen LogP contribution in [0.4, 0.5) is 70.2 Å². The van der Waals surface area contributed by atoms with Crippen molar-refractivity contribution in [3.8, 4) is 67.9 Å². The van der Waals surface area contributed by atoms with E-state index in [-0.39, 0.29) is 35.5 Å². The minimum absolute atomic E-state index is 0.0146. The van der Waals surface area contributed by atoms with Gasteiger partial charge in [0.05, 0.1) is 33.4 Å². The number of ether oxygens (including phenoxy) is 2. The van der Waals surface area contributed by atoms with Gasteiger partial charge in [-0.05, 0) is 49.2 Å². The van der Waals surface area contributed by atoms with E-state index < -0.39 is 149 Å². The van der Waals surface area contributed by atoms with Crippen molar-refractivity contribution >= 4 is 0 Å². The summed E-state index contributed by atoms with van der Waals surface area (Å²) < 4.78 is 256. The number of benzene rings is 6. The molecule has 0 fully saturated rings. The van der Waals surface area contributed by atoms with Crippen LogP contribution in [0.3, 0.4) is 0 Å². The van der Waals surface area contributed by atoms with Gasteiger partial charge in [0.25, 0.3) is 0 Å². The second kappa shape index (κ2) is 16.7. The lowest BCUT2D eigenvalue weighted by Crippen LogP contribution is -2.12. The molecule has 0 atom stereocenters. The number of phenolic OH excluding ortho intramolecular Hbond substituents is 2. The first-order valence-electron chi connectivity index (χ1n) is 16.9. The fourth-order valence-electron chi connectivity index (χ4n) is 6.11. The minimum Gasteiger partial charge on any atom is -0.508 e. The van der Waals surface area contributed by atoms with E-state index in [4.69, 9.17) is 9.47 Å². The van der Waals surface area contributed by atoms with E-state index in [0.717, 1.165) is 36.4 Å².